The lowest BCUT2D eigenvalue weighted by Crippen LogP contribution is -2.33. The summed E-state index contributed by atoms with van der Waals surface area (Å²) in [5.41, 5.74) is 0.632. The summed E-state index contributed by atoms with van der Waals surface area (Å²) in [6.07, 6.45) is 0. The topological polar surface area (TPSA) is 37.4 Å². The van der Waals surface area contributed by atoms with E-state index in [2.05, 4.69) is 0 Å². The summed E-state index contributed by atoms with van der Waals surface area (Å²) in [7, 11) is 0. The molecule has 5 heteroatoms. The Morgan fingerprint density at radius 3 is 1.89 bits per heavy atom. The van der Waals surface area contributed by atoms with Gasteiger partial charge in [0.2, 0.25) is 0 Å². The number of imide groups is 1. The average Bonchev–Trinajstić information content (AvgIpc) is 2.61. The fourth-order valence-corrected chi connectivity index (χ4v) is 3.53. The number of nitrogens with zero attached hydrogens (tertiary/aromatic N) is 1. The summed E-state index contributed by atoms with van der Waals surface area (Å²) in [5, 5.41) is 0. The van der Waals surface area contributed by atoms with Gasteiger partial charge in [0.25, 0.3) is 11.8 Å². The molecule has 0 spiro atoms. The van der Waals surface area contributed by atoms with E-state index in [0.29, 0.717) is 11.1 Å². The van der Waals surface area contributed by atoms with Crippen molar-refractivity contribution >= 4 is 35.0 Å². The zero-order valence-corrected chi connectivity index (χ0v) is 12.1. The van der Waals surface area contributed by atoms with Gasteiger partial charge in [-0.25, -0.2) is 0 Å². The van der Waals surface area contributed by atoms with E-state index in [4.69, 9.17) is 23.2 Å². The standard InChI is InChI=1S/C14H13Cl2NO2/c1-13(2)10(14(13,15)16)7-17-11(18)8-5-3-4-6-9(8)12(17)19/h3-6,10H,7H2,1-2H3. The molecule has 1 fully saturated rings. The summed E-state index contributed by atoms with van der Waals surface area (Å²) in [5.74, 6) is -0.606. The monoisotopic (exact) mass is 297 g/mol. The van der Waals surface area contributed by atoms with Gasteiger partial charge in [-0.15, -0.1) is 23.2 Å². The number of rotatable bonds is 2. The summed E-state index contributed by atoms with van der Waals surface area (Å²) < 4.78 is -0.873. The fraction of sp³-hybridized carbons (Fsp3) is 0.429. The van der Waals surface area contributed by atoms with Gasteiger partial charge in [-0.05, 0) is 12.1 Å². The van der Waals surface area contributed by atoms with Crippen LogP contribution in [0.25, 0.3) is 0 Å². The maximum absolute atomic E-state index is 12.2. The molecule has 1 aromatic rings. The molecule has 0 radical (unpaired) electrons. The quantitative estimate of drug-likeness (QED) is 0.621. The molecule has 3 nitrogen and oxygen atoms in total. The van der Waals surface area contributed by atoms with Crippen LogP contribution in [0.5, 0.6) is 0 Å². The van der Waals surface area contributed by atoms with E-state index in [1.54, 1.807) is 24.3 Å². The summed E-state index contributed by atoms with van der Waals surface area (Å²) in [4.78, 5) is 25.7. The molecule has 1 aliphatic heterocycles. The van der Waals surface area contributed by atoms with Crippen molar-refractivity contribution in [3.05, 3.63) is 35.4 Å². The van der Waals surface area contributed by atoms with Crippen molar-refractivity contribution < 1.29 is 9.59 Å². The zero-order chi connectivity index (χ0) is 14.0. The number of halogens is 2. The second-order valence-corrected chi connectivity index (χ2v) is 7.05. The van der Waals surface area contributed by atoms with Crippen molar-refractivity contribution in [1.29, 1.82) is 0 Å². The van der Waals surface area contributed by atoms with Crippen LogP contribution in [0.15, 0.2) is 24.3 Å². The lowest BCUT2D eigenvalue weighted by molar-refractivity contribution is 0.0642. The highest BCUT2D eigenvalue weighted by atomic mass is 35.5. The van der Waals surface area contributed by atoms with Gasteiger partial charge in [0, 0.05) is 17.9 Å². The Hall–Kier alpha value is -1.06. The molecule has 1 atom stereocenters. The van der Waals surface area contributed by atoms with E-state index in [9.17, 15) is 9.59 Å². The van der Waals surface area contributed by atoms with Gasteiger partial charge >= 0.3 is 0 Å². The highest BCUT2D eigenvalue weighted by Crippen LogP contribution is 2.68. The molecule has 1 unspecified atom stereocenters. The second kappa shape index (κ2) is 3.74. The predicted molar refractivity (Wildman–Crippen MR) is 73.5 cm³/mol. The number of benzene rings is 1. The predicted octanol–water partition coefficient (Wildman–Crippen LogP) is 3.11. The van der Waals surface area contributed by atoms with Crippen LogP contribution in [0.2, 0.25) is 0 Å². The van der Waals surface area contributed by atoms with Crippen molar-refractivity contribution in [2.75, 3.05) is 6.54 Å². The van der Waals surface area contributed by atoms with Gasteiger partial charge in [-0.2, -0.15) is 0 Å². The molecule has 1 heterocycles. The lowest BCUT2D eigenvalue weighted by atomic mass is 10.1. The Bertz CT molecular complexity index is 546. The van der Waals surface area contributed by atoms with Crippen LogP contribution in [0.1, 0.15) is 34.6 Å². The Labute approximate surface area is 121 Å². The zero-order valence-electron chi connectivity index (χ0n) is 10.6. The fourth-order valence-electron chi connectivity index (χ4n) is 2.69. The number of carbonyl (C=O) groups excluding carboxylic acids is 2. The minimum atomic E-state index is -0.873. The molecule has 0 N–H and O–H groups in total. The molecule has 1 aromatic carbocycles. The van der Waals surface area contributed by atoms with Gasteiger partial charge in [0.05, 0.1) is 11.1 Å². The molecular formula is C14H13Cl2NO2. The minimum Gasteiger partial charge on any atom is -0.274 e. The number of carbonyl (C=O) groups is 2. The average molecular weight is 298 g/mol. The maximum Gasteiger partial charge on any atom is 0.261 e. The maximum atomic E-state index is 12.2. The molecule has 19 heavy (non-hydrogen) atoms. The number of fused-ring (bicyclic) bond motifs is 1. The van der Waals surface area contributed by atoms with Crippen LogP contribution in [0.3, 0.4) is 0 Å². The molecule has 1 aliphatic carbocycles. The third kappa shape index (κ3) is 1.58. The highest BCUT2D eigenvalue weighted by Gasteiger charge is 2.70. The summed E-state index contributed by atoms with van der Waals surface area (Å²) in [6, 6.07) is 6.84. The summed E-state index contributed by atoms with van der Waals surface area (Å²) in [6.45, 7) is 4.15. The molecule has 3 rings (SSSR count). The number of alkyl halides is 2. The molecular weight excluding hydrogens is 285 g/mol. The van der Waals surface area contributed by atoms with E-state index < -0.39 is 4.33 Å². The van der Waals surface area contributed by atoms with Crippen molar-refractivity contribution in [3.63, 3.8) is 0 Å². The largest absolute Gasteiger partial charge is 0.274 e. The number of hydrogen-bond donors (Lipinski definition) is 0. The van der Waals surface area contributed by atoms with Crippen LogP contribution in [-0.2, 0) is 0 Å². The van der Waals surface area contributed by atoms with Crippen LogP contribution in [0, 0.1) is 11.3 Å². The first kappa shape index (κ1) is 12.9. The van der Waals surface area contributed by atoms with E-state index >= 15 is 0 Å². The third-order valence-corrected chi connectivity index (χ3v) is 5.83. The smallest absolute Gasteiger partial charge is 0.261 e. The van der Waals surface area contributed by atoms with E-state index in [1.807, 2.05) is 13.8 Å². The molecule has 2 amide bonds. The molecule has 1 saturated carbocycles. The Balaban J connectivity index is 1.87. The van der Waals surface area contributed by atoms with Crippen molar-refractivity contribution in [1.82, 2.24) is 4.90 Å². The minimum absolute atomic E-state index is 0.0921. The van der Waals surface area contributed by atoms with Crippen LogP contribution >= 0.6 is 23.2 Å². The molecule has 2 aliphatic rings. The van der Waals surface area contributed by atoms with Crippen molar-refractivity contribution in [3.8, 4) is 0 Å². The van der Waals surface area contributed by atoms with E-state index in [-0.39, 0.29) is 29.7 Å². The normalized spacial score (nSPS) is 26.5. The first-order valence-electron chi connectivity index (χ1n) is 6.11. The third-order valence-electron chi connectivity index (χ3n) is 4.33. The first-order chi connectivity index (χ1) is 8.78. The van der Waals surface area contributed by atoms with E-state index in [0.717, 1.165) is 0 Å². The van der Waals surface area contributed by atoms with Crippen LogP contribution < -0.4 is 0 Å². The van der Waals surface area contributed by atoms with Gasteiger partial charge < -0.3 is 0 Å². The van der Waals surface area contributed by atoms with Gasteiger partial charge in [-0.3, -0.25) is 14.5 Å². The van der Waals surface area contributed by atoms with Gasteiger partial charge in [0.1, 0.15) is 4.33 Å². The van der Waals surface area contributed by atoms with Gasteiger partial charge in [0.15, 0.2) is 0 Å². The first-order valence-corrected chi connectivity index (χ1v) is 6.87. The van der Waals surface area contributed by atoms with Crippen LogP contribution in [0.4, 0.5) is 0 Å². The van der Waals surface area contributed by atoms with Crippen molar-refractivity contribution in [2.24, 2.45) is 11.3 Å². The molecule has 0 saturated heterocycles. The molecule has 0 bridgehead atoms. The molecule has 0 aromatic heterocycles. The lowest BCUT2D eigenvalue weighted by Gasteiger charge is -2.14. The second-order valence-electron chi connectivity index (χ2n) is 5.66. The van der Waals surface area contributed by atoms with Crippen LogP contribution in [-0.4, -0.2) is 27.6 Å². The van der Waals surface area contributed by atoms with Gasteiger partial charge in [-0.1, -0.05) is 26.0 Å². The Morgan fingerprint density at radius 2 is 1.53 bits per heavy atom. The number of amides is 2. The Kier molecular flexibility index (Phi) is 2.55. The molecule has 100 valence electrons. The van der Waals surface area contributed by atoms with Crippen molar-refractivity contribution in [2.45, 2.75) is 18.2 Å². The highest BCUT2D eigenvalue weighted by molar-refractivity contribution is 6.51. The summed E-state index contributed by atoms with van der Waals surface area (Å²) >= 11 is 12.4. The van der Waals surface area contributed by atoms with E-state index in [1.165, 1.54) is 4.90 Å². The Morgan fingerprint density at radius 1 is 1.11 bits per heavy atom. The SMILES string of the molecule is CC1(C)C(CN2C(=O)c3ccccc3C2=O)C1(Cl)Cl. The number of hydrogen-bond acceptors (Lipinski definition) is 2.